The van der Waals surface area contributed by atoms with E-state index in [-0.39, 0.29) is 42.5 Å². The summed E-state index contributed by atoms with van der Waals surface area (Å²) in [4.78, 5) is 30.6. The van der Waals surface area contributed by atoms with Gasteiger partial charge in [-0.3, -0.25) is 9.59 Å². The van der Waals surface area contributed by atoms with Gasteiger partial charge in [0.2, 0.25) is 11.3 Å². The van der Waals surface area contributed by atoms with E-state index in [1.165, 1.54) is 0 Å². The number of fused-ring (bicyclic) bond motifs is 2. The number of hydrogen-bond acceptors (Lipinski definition) is 7. The van der Waals surface area contributed by atoms with Crippen molar-refractivity contribution < 1.29 is 40.3 Å². The first kappa shape index (κ1) is 37.9. The minimum absolute atomic E-state index is 0. The third-order valence-corrected chi connectivity index (χ3v) is 9.28. The Hall–Kier alpha value is -5.84. The number of hydrogen-bond donors (Lipinski definition) is 4. The molecule has 3 heterocycles. The lowest BCUT2D eigenvalue weighted by molar-refractivity contribution is -0.496. The number of amides is 2. The molecule has 0 spiro atoms. The van der Waals surface area contributed by atoms with Gasteiger partial charge < -0.3 is 41.7 Å². The molecule has 7 rings (SSSR count). The van der Waals surface area contributed by atoms with E-state index >= 15 is 0 Å². The standard InChI is InChI=1S/C42H38ClN5O5.ClH/c1-5-44-31-20-34-29(18-24(31)3)40(30-19-25(4)32(45-6-2)21-35(30)51-34)27-14-10-11-15-28(27)42(50)47-23-46-38(49)22-36-39(26-12-8-7-9-13-26)41(48-53-36)33-16-17-37(43)52-33;/h7-21,44H,5-6,22-23H2,1-4H3,(H,46,49)(H,47,50);1H. The molecular formula is C42H39Cl2N5O5. The summed E-state index contributed by atoms with van der Waals surface area (Å²) in [5.41, 5.74) is 8.64. The van der Waals surface area contributed by atoms with Crippen molar-refractivity contribution in [2.75, 3.05) is 25.1 Å². The van der Waals surface area contributed by atoms with Crippen molar-refractivity contribution in [2.24, 2.45) is 0 Å². The molecule has 2 aromatic heterocycles. The maximum atomic E-state index is 13.9. The van der Waals surface area contributed by atoms with Gasteiger partial charge in [0.25, 0.3) is 5.91 Å². The van der Waals surface area contributed by atoms with Crippen LogP contribution in [0, 0.1) is 13.8 Å². The molecule has 0 bridgehead atoms. The maximum absolute atomic E-state index is 13.9. The number of carbonyl (C=O) groups is 2. The van der Waals surface area contributed by atoms with Crippen LogP contribution in [0.1, 0.15) is 41.1 Å². The fourth-order valence-corrected chi connectivity index (χ4v) is 6.78. The number of rotatable bonds is 11. The molecule has 0 saturated heterocycles. The number of aryl methyl sites for hydroxylation is 2. The zero-order chi connectivity index (χ0) is 37.1. The van der Waals surface area contributed by atoms with E-state index in [0.29, 0.717) is 39.7 Å². The normalized spacial score (nSPS) is 11.5. The van der Waals surface area contributed by atoms with Gasteiger partial charge in [-0.05, 0) is 86.3 Å². The van der Waals surface area contributed by atoms with Gasteiger partial charge in [-0.15, -0.1) is 0 Å². The number of aromatic nitrogens is 1. The summed E-state index contributed by atoms with van der Waals surface area (Å²) in [6.45, 7) is 9.65. The minimum Gasteiger partial charge on any atom is -1.00 e. The molecule has 5 aromatic rings. The van der Waals surface area contributed by atoms with Gasteiger partial charge in [-0.25, -0.2) is 4.99 Å². The molecular weight excluding hydrogens is 725 g/mol. The predicted octanol–water partition coefficient (Wildman–Crippen LogP) is 3.87. The molecule has 4 N–H and O–H groups in total. The van der Waals surface area contributed by atoms with E-state index < -0.39 is 0 Å². The van der Waals surface area contributed by atoms with Crippen LogP contribution in [0.2, 0.25) is 5.22 Å². The number of carbonyl (C=O) groups excluding carboxylic acids is 2. The third-order valence-electron chi connectivity index (χ3n) is 9.07. The molecule has 276 valence electrons. The van der Waals surface area contributed by atoms with Crippen LogP contribution in [0.5, 0.6) is 0 Å². The molecule has 3 aromatic carbocycles. The first-order valence-electron chi connectivity index (χ1n) is 17.5. The third kappa shape index (κ3) is 7.62. The topological polar surface area (TPSA) is 137 Å². The largest absolute Gasteiger partial charge is 1.00 e. The molecule has 0 saturated carbocycles. The van der Waals surface area contributed by atoms with Crippen LogP contribution in [-0.4, -0.2) is 36.7 Å². The summed E-state index contributed by atoms with van der Waals surface area (Å²) >= 11 is 6.03. The Kier molecular flexibility index (Phi) is 11.5. The van der Waals surface area contributed by atoms with Crippen molar-refractivity contribution in [1.82, 2.24) is 15.8 Å². The molecule has 0 radical (unpaired) electrons. The second kappa shape index (κ2) is 16.4. The fourth-order valence-electron chi connectivity index (χ4n) is 6.63. The molecule has 2 aliphatic rings. The average Bonchev–Trinajstić information content (AvgIpc) is 3.78. The average molecular weight is 765 g/mol. The number of benzene rings is 4. The quantitative estimate of drug-likeness (QED) is 0.116. The van der Waals surface area contributed by atoms with Gasteiger partial charge >= 0.3 is 0 Å². The molecule has 0 fully saturated rings. The number of nitrogens with zero attached hydrogens (tertiary/aromatic N) is 1. The van der Waals surface area contributed by atoms with Crippen molar-refractivity contribution >= 4 is 40.1 Å². The Bertz CT molecular complexity index is 2500. The van der Waals surface area contributed by atoms with Crippen LogP contribution >= 0.6 is 11.6 Å². The van der Waals surface area contributed by atoms with Crippen LogP contribution in [0.3, 0.4) is 0 Å². The Morgan fingerprint density at radius 3 is 2.33 bits per heavy atom. The summed E-state index contributed by atoms with van der Waals surface area (Å²) in [5, 5.41) is 15.4. The summed E-state index contributed by atoms with van der Waals surface area (Å²) < 4.78 is 17.8. The number of halogens is 2. The molecule has 0 unspecified atom stereocenters. The lowest BCUT2D eigenvalue weighted by Gasteiger charge is -2.19. The van der Waals surface area contributed by atoms with E-state index in [4.69, 9.17) is 25.0 Å². The molecule has 54 heavy (non-hydrogen) atoms. The SMILES string of the molecule is CCNc1cc2oc3cc(=[NH+]CC)c(C)cc-3c(-c3ccccc3C(=O)NCNC(=O)Cc3onc(-c4ccc(Cl)o4)c3-c3ccccc3)c2cc1C.[Cl-]. The first-order valence-corrected chi connectivity index (χ1v) is 17.9. The van der Waals surface area contributed by atoms with Gasteiger partial charge in [-0.2, -0.15) is 0 Å². The van der Waals surface area contributed by atoms with Gasteiger partial charge in [0.05, 0.1) is 24.7 Å². The van der Waals surface area contributed by atoms with Crippen LogP contribution in [0.15, 0.2) is 104 Å². The number of nitrogens with one attached hydrogen (secondary N) is 4. The van der Waals surface area contributed by atoms with Gasteiger partial charge in [-0.1, -0.05) is 53.7 Å². The van der Waals surface area contributed by atoms with Gasteiger partial charge in [0.1, 0.15) is 17.9 Å². The summed E-state index contributed by atoms with van der Waals surface area (Å²) in [6.07, 6.45) is -0.119. The van der Waals surface area contributed by atoms with Crippen LogP contribution < -0.4 is 38.7 Å². The fraction of sp³-hybridized carbons (Fsp3) is 0.190. The smallest absolute Gasteiger partial charge is 0.253 e. The second-order valence-electron chi connectivity index (χ2n) is 12.7. The van der Waals surface area contributed by atoms with E-state index in [2.05, 4.69) is 65.9 Å². The Balaban J connectivity index is 0.00000497. The molecule has 1 aliphatic carbocycles. The van der Waals surface area contributed by atoms with Crippen molar-refractivity contribution in [2.45, 2.75) is 34.1 Å². The van der Waals surface area contributed by atoms with E-state index in [0.717, 1.165) is 62.9 Å². The highest BCUT2D eigenvalue weighted by atomic mass is 35.5. The summed E-state index contributed by atoms with van der Waals surface area (Å²) in [7, 11) is 0. The predicted molar refractivity (Wildman–Crippen MR) is 205 cm³/mol. The molecule has 1 aliphatic heterocycles. The van der Waals surface area contributed by atoms with Crippen molar-refractivity contribution in [1.29, 1.82) is 0 Å². The van der Waals surface area contributed by atoms with Gasteiger partial charge in [0.15, 0.2) is 22.4 Å². The first-order chi connectivity index (χ1) is 25.7. The van der Waals surface area contributed by atoms with E-state index in [1.54, 1.807) is 18.2 Å². The highest BCUT2D eigenvalue weighted by molar-refractivity contribution is 6.29. The minimum atomic E-state index is -0.364. The number of furan rings is 1. The van der Waals surface area contributed by atoms with E-state index in [9.17, 15) is 9.59 Å². The highest BCUT2D eigenvalue weighted by Crippen LogP contribution is 2.43. The maximum Gasteiger partial charge on any atom is 0.253 e. The van der Waals surface area contributed by atoms with Crippen LogP contribution in [0.25, 0.3) is 56.0 Å². The zero-order valence-corrected chi connectivity index (χ0v) is 31.7. The summed E-state index contributed by atoms with van der Waals surface area (Å²) in [6, 6.07) is 28.5. The Labute approximate surface area is 323 Å². The van der Waals surface area contributed by atoms with E-state index in [1.807, 2.05) is 60.7 Å². The van der Waals surface area contributed by atoms with Crippen LogP contribution in [-0.2, 0) is 11.2 Å². The van der Waals surface area contributed by atoms with Crippen molar-refractivity contribution in [3.05, 3.63) is 124 Å². The highest BCUT2D eigenvalue weighted by Gasteiger charge is 2.25. The number of anilines is 1. The Morgan fingerprint density at radius 1 is 0.815 bits per heavy atom. The lowest BCUT2D eigenvalue weighted by Crippen LogP contribution is -3.00. The van der Waals surface area contributed by atoms with Gasteiger partial charge in [0, 0.05) is 45.9 Å². The van der Waals surface area contributed by atoms with Crippen molar-refractivity contribution in [3.63, 3.8) is 0 Å². The van der Waals surface area contributed by atoms with Crippen LogP contribution in [0.4, 0.5) is 5.69 Å². The summed E-state index contributed by atoms with van der Waals surface area (Å²) in [5.74, 6) is 0.761. The molecule has 10 nitrogen and oxygen atoms in total. The second-order valence-corrected chi connectivity index (χ2v) is 13.0. The monoisotopic (exact) mass is 763 g/mol. The lowest BCUT2D eigenvalue weighted by atomic mass is 9.89. The zero-order valence-electron chi connectivity index (χ0n) is 30.2. The Morgan fingerprint density at radius 2 is 1.59 bits per heavy atom. The molecule has 12 heteroatoms. The molecule has 2 amide bonds. The molecule has 0 atom stereocenters. The van der Waals surface area contributed by atoms with Crippen molar-refractivity contribution in [3.8, 4) is 45.0 Å².